The Labute approximate surface area is 122 Å². The monoisotopic (exact) mass is 290 g/mol. The first-order chi connectivity index (χ1) is 9.70. The molecular formula is C15H18N2O2S. The first kappa shape index (κ1) is 14.7. The molecule has 1 aromatic carbocycles. The molecule has 0 amide bonds. The summed E-state index contributed by atoms with van der Waals surface area (Å²) >= 11 is 1.23. The molecular weight excluding hydrogens is 272 g/mol. The van der Waals surface area contributed by atoms with E-state index in [0.717, 1.165) is 12.1 Å². The fourth-order valence-electron chi connectivity index (χ4n) is 1.92. The standard InChI is InChI=1S/C15H18N2O2S/c1-2-3-4-12-5-7-13(8-6-12)17-10-9-16-15(17)20-11-14(18)19/h5-10H,2-4,11H2,1H3,(H,18,19). The first-order valence-electron chi connectivity index (χ1n) is 6.68. The van der Waals surface area contributed by atoms with Gasteiger partial charge in [-0.25, -0.2) is 4.98 Å². The summed E-state index contributed by atoms with van der Waals surface area (Å²) in [7, 11) is 0. The van der Waals surface area contributed by atoms with Crippen molar-refractivity contribution >= 4 is 17.7 Å². The van der Waals surface area contributed by atoms with Gasteiger partial charge in [0, 0.05) is 18.1 Å². The van der Waals surface area contributed by atoms with Gasteiger partial charge in [0.1, 0.15) is 0 Å². The van der Waals surface area contributed by atoms with Crippen LogP contribution in [0.4, 0.5) is 0 Å². The third-order valence-electron chi connectivity index (χ3n) is 2.97. The molecule has 0 aliphatic rings. The molecule has 0 aliphatic carbocycles. The third-order valence-corrected chi connectivity index (χ3v) is 3.92. The number of nitrogens with zero attached hydrogens (tertiary/aromatic N) is 2. The number of aliphatic carboxylic acids is 1. The van der Waals surface area contributed by atoms with Gasteiger partial charge in [0.15, 0.2) is 5.16 Å². The van der Waals surface area contributed by atoms with Gasteiger partial charge >= 0.3 is 5.97 Å². The molecule has 4 nitrogen and oxygen atoms in total. The first-order valence-corrected chi connectivity index (χ1v) is 7.66. The van der Waals surface area contributed by atoms with E-state index in [1.165, 1.54) is 30.2 Å². The Balaban J connectivity index is 2.11. The lowest BCUT2D eigenvalue weighted by Crippen LogP contribution is -2.01. The van der Waals surface area contributed by atoms with Crippen molar-refractivity contribution in [1.29, 1.82) is 0 Å². The van der Waals surface area contributed by atoms with Crippen molar-refractivity contribution in [2.45, 2.75) is 31.3 Å². The number of aromatic nitrogens is 2. The molecule has 0 radical (unpaired) electrons. The number of thioether (sulfide) groups is 1. The summed E-state index contributed by atoms with van der Waals surface area (Å²) in [6, 6.07) is 8.35. The second-order valence-electron chi connectivity index (χ2n) is 4.53. The topological polar surface area (TPSA) is 55.1 Å². The average molecular weight is 290 g/mol. The molecule has 1 N–H and O–H groups in total. The van der Waals surface area contributed by atoms with E-state index < -0.39 is 5.97 Å². The fraction of sp³-hybridized carbons (Fsp3) is 0.333. The minimum absolute atomic E-state index is 0.0194. The number of unbranched alkanes of at least 4 members (excludes halogenated alkanes) is 1. The molecule has 0 unspecified atom stereocenters. The van der Waals surface area contributed by atoms with E-state index in [9.17, 15) is 4.79 Å². The van der Waals surface area contributed by atoms with Crippen molar-refractivity contribution in [3.8, 4) is 5.69 Å². The van der Waals surface area contributed by atoms with Gasteiger partial charge in [0.05, 0.1) is 5.75 Å². The molecule has 0 atom stereocenters. The SMILES string of the molecule is CCCCc1ccc(-n2ccnc2SCC(=O)O)cc1. The minimum Gasteiger partial charge on any atom is -0.481 e. The minimum atomic E-state index is -0.834. The van der Waals surface area contributed by atoms with Gasteiger partial charge in [-0.1, -0.05) is 37.2 Å². The van der Waals surface area contributed by atoms with Crippen molar-refractivity contribution in [2.75, 3.05) is 5.75 Å². The molecule has 5 heteroatoms. The van der Waals surface area contributed by atoms with Crippen LogP contribution < -0.4 is 0 Å². The summed E-state index contributed by atoms with van der Waals surface area (Å²) in [5, 5.41) is 9.44. The number of hydrogen-bond donors (Lipinski definition) is 1. The second kappa shape index (κ2) is 7.14. The maximum Gasteiger partial charge on any atom is 0.313 e. The number of aryl methyl sites for hydroxylation is 1. The van der Waals surface area contributed by atoms with Crippen molar-refractivity contribution in [2.24, 2.45) is 0 Å². The zero-order chi connectivity index (χ0) is 14.4. The molecule has 1 heterocycles. The normalized spacial score (nSPS) is 10.7. The highest BCUT2D eigenvalue weighted by molar-refractivity contribution is 7.99. The van der Waals surface area contributed by atoms with Crippen LogP contribution in [0.5, 0.6) is 0 Å². The van der Waals surface area contributed by atoms with E-state index in [4.69, 9.17) is 5.11 Å². The smallest absolute Gasteiger partial charge is 0.313 e. The Bertz CT molecular complexity index is 564. The lowest BCUT2D eigenvalue weighted by Gasteiger charge is -2.08. The lowest BCUT2D eigenvalue weighted by molar-refractivity contribution is -0.133. The average Bonchev–Trinajstić information content (AvgIpc) is 2.92. The molecule has 1 aromatic heterocycles. The number of carboxylic acids is 1. The van der Waals surface area contributed by atoms with Gasteiger partial charge in [0.2, 0.25) is 0 Å². The van der Waals surface area contributed by atoms with Crippen LogP contribution in [0, 0.1) is 0 Å². The number of carbonyl (C=O) groups is 1. The summed E-state index contributed by atoms with van der Waals surface area (Å²) in [5.74, 6) is -0.814. The molecule has 0 saturated carbocycles. The largest absolute Gasteiger partial charge is 0.481 e. The van der Waals surface area contributed by atoms with Crippen LogP contribution in [-0.4, -0.2) is 26.4 Å². The number of benzene rings is 1. The summed E-state index contributed by atoms with van der Waals surface area (Å²) in [6.07, 6.45) is 7.03. The Morgan fingerprint density at radius 3 is 2.75 bits per heavy atom. The van der Waals surface area contributed by atoms with Gasteiger partial charge in [-0.2, -0.15) is 0 Å². The maximum atomic E-state index is 10.6. The molecule has 2 aromatic rings. The Morgan fingerprint density at radius 1 is 1.35 bits per heavy atom. The van der Waals surface area contributed by atoms with E-state index in [1.807, 2.05) is 10.8 Å². The molecule has 20 heavy (non-hydrogen) atoms. The van der Waals surface area contributed by atoms with Crippen LogP contribution in [-0.2, 0) is 11.2 Å². The van der Waals surface area contributed by atoms with E-state index in [1.54, 1.807) is 6.20 Å². The number of carboxylic acid groups (broad SMARTS) is 1. The van der Waals surface area contributed by atoms with E-state index in [2.05, 4.69) is 36.2 Å². The number of rotatable bonds is 7. The van der Waals surface area contributed by atoms with Gasteiger partial charge in [-0.15, -0.1) is 0 Å². The number of imidazole rings is 1. The molecule has 0 aliphatic heterocycles. The molecule has 0 spiro atoms. The van der Waals surface area contributed by atoms with Gasteiger partial charge in [-0.05, 0) is 30.5 Å². The quantitative estimate of drug-likeness (QED) is 0.794. The van der Waals surface area contributed by atoms with Crippen LogP contribution in [0.15, 0.2) is 41.8 Å². The highest BCUT2D eigenvalue weighted by Gasteiger charge is 2.08. The Hall–Kier alpha value is -1.75. The van der Waals surface area contributed by atoms with Gasteiger partial charge in [0.25, 0.3) is 0 Å². The Morgan fingerprint density at radius 2 is 2.10 bits per heavy atom. The van der Waals surface area contributed by atoms with E-state index >= 15 is 0 Å². The number of hydrogen-bond acceptors (Lipinski definition) is 3. The predicted octanol–water partition coefficient (Wildman–Crippen LogP) is 3.39. The molecule has 106 valence electrons. The van der Waals surface area contributed by atoms with Crippen molar-refractivity contribution < 1.29 is 9.90 Å². The highest BCUT2D eigenvalue weighted by atomic mass is 32.2. The second-order valence-corrected chi connectivity index (χ2v) is 5.47. The van der Waals surface area contributed by atoms with Crippen LogP contribution in [0.2, 0.25) is 0 Å². The molecule has 0 bridgehead atoms. The van der Waals surface area contributed by atoms with Crippen molar-refractivity contribution in [3.05, 3.63) is 42.2 Å². The van der Waals surface area contributed by atoms with Crippen LogP contribution >= 0.6 is 11.8 Å². The highest BCUT2D eigenvalue weighted by Crippen LogP contribution is 2.20. The van der Waals surface area contributed by atoms with Crippen molar-refractivity contribution in [3.63, 3.8) is 0 Å². The Kier molecular flexibility index (Phi) is 5.24. The summed E-state index contributed by atoms with van der Waals surface area (Å²) in [6.45, 7) is 2.19. The van der Waals surface area contributed by atoms with E-state index in [0.29, 0.717) is 5.16 Å². The van der Waals surface area contributed by atoms with Crippen molar-refractivity contribution in [1.82, 2.24) is 9.55 Å². The zero-order valence-corrected chi connectivity index (χ0v) is 12.3. The maximum absolute atomic E-state index is 10.6. The van der Waals surface area contributed by atoms with Gasteiger partial charge in [-0.3, -0.25) is 9.36 Å². The zero-order valence-electron chi connectivity index (χ0n) is 11.5. The summed E-state index contributed by atoms with van der Waals surface area (Å²) in [4.78, 5) is 14.8. The molecule has 0 fully saturated rings. The van der Waals surface area contributed by atoms with Gasteiger partial charge < -0.3 is 5.11 Å². The van der Waals surface area contributed by atoms with E-state index in [-0.39, 0.29) is 5.75 Å². The molecule has 2 rings (SSSR count). The third kappa shape index (κ3) is 3.87. The lowest BCUT2D eigenvalue weighted by atomic mass is 10.1. The van der Waals surface area contributed by atoms with Crippen LogP contribution in [0.3, 0.4) is 0 Å². The van der Waals surface area contributed by atoms with Crippen LogP contribution in [0.25, 0.3) is 5.69 Å². The van der Waals surface area contributed by atoms with Crippen LogP contribution in [0.1, 0.15) is 25.3 Å². The summed E-state index contributed by atoms with van der Waals surface area (Å²) in [5.41, 5.74) is 2.34. The fourth-order valence-corrected chi connectivity index (χ4v) is 2.62. The molecule has 0 saturated heterocycles. The predicted molar refractivity (Wildman–Crippen MR) is 80.5 cm³/mol. The summed E-state index contributed by atoms with van der Waals surface area (Å²) < 4.78 is 1.91.